The Balaban J connectivity index is 2.00. The number of esters is 1. The molecule has 2 aromatic rings. The molecule has 0 bridgehead atoms. The first-order valence-electron chi connectivity index (χ1n) is 7.64. The zero-order valence-electron chi connectivity index (χ0n) is 14.3. The highest BCUT2D eigenvalue weighted by atomic mass is 19.4. The monoisotopic (exact) mass is 385 g/mol. The number of benzene rings is 2. The quantitative estimate of drug-likeness (QED) is 0.623. The number of amides is 1. The third-order valence-electron chi connectivity index (χ3n) is 3.53. The summed E-state index contributed by atoms with van der Waals surface area (Å²) >= 11 is 0. The standard InChI is InChI=1S/C18H15F4NO4/c1-10(27-17(25)14-8-7-13(26-2)9-15(14)19)16(24)23-12-5-3-11(4-6-12)18(20,21)22/h3-10H,1-2H3,(H,23,24)/t10-/m0/s1. The molecule has 5 nitrogen and oxygen atoms in total. The van der Waals surface area contributed by atoms with Gasteiger partial charge in [-0.05, 0) is 43.3 Å². The van der Waals surface area contributed by atoms with Gasteiger partial charge in [0, 0.05) is 11.8 Å². The number of nitrogens with one attached hydrogen (secondary N) is 1. The van der Waals surface area contributed by atoms with Gasteiger partial charge in [0.25, 0.3) is 5.91 Å². The van der Waals surface area contributed by atoms with Crippen molar-refractivity contribution in [3.8, 4) is 5.75 Å². The minimum absolute atomic E-state index is 0.0894. The molecule has 9 heteroatoms. The van der Waals surface area contributed by atoms with Gasteiger partial charge in [0.2, 0.25) is 0 Å². The second-order valence-corrected chi connectivity index (χ2v) is 5.46. The summed E-state index contributed by atoms with van der Waals surface area (Å²) in [7, 11) is 1.33. The van der Waals surface area contributed by atoms with Crippen LogP contribution < -0.4 is 10.1 Å². The van der Waals surface area contributed by atoms with Gasteiger partial charge in [0.05, 0.1) is 18.2 Å². The smallest absolute Gasteiger partial charge is 0.416 e. The summed E-state index contributed by atoms with van der Waals surface area (Å²) in [5.74, 6) is -2.52. The molecule has 2 rings (SSSR count). The lowest BCUT2D eigenvalue weighted by Crippen LogP contribution is -2.30. The van der Waals surface area contributed by atoms with E-state index in [2.05, 4.69) is 5.32 Å². The summed E-state index contributed by atoms with van der Waals surface area (Å²) < 4.78 is 61.1. The van der Waals surface area contributed by atoms with E-state index in [-0.39, 0.29) is 17.0 Å². The van der Waals surface area contributed by atoms with E-state index in [4.69, 9.17) is 9.47 Å². The number of rotatable bonds is 5. The van der Waals surface area contributed by atoms with Crippen LogP contribution in [0.1, 0.15) is 22.8 Å². The number of carbonyl (C=O) groups excluding carboxylic acids is 2. The zero-order chi connectivity index (χ0) is 20.2. The van der Waals surface area contributed by atoms with Crippen LogP contribution >= 0.6 is 0 Å². The van der Waals surface area contributed by atoms with Gasteiger partial charge in [-0.3, -0.25) is 4.79 Å². The Morgan fingerprint density at radius 2 is 1.70 bits per heavy atom. The van der Waals surface area contributed by atoms with Crippen LogP contribution in [-0.4, -0.2) is 25.1 Å². The van der Waals surface area contributed by atoms with E-state index in [9.17, 15) is 27.2 Å². The predicted molar refractivity (Wildman–Crippen MR) is 87.9 cm³/mol. The molecule has 0 aliphatic heterocycles. The van der Waals surface area contributed by atoms with E-state index in [1.54, 1.807) is 0 Å². The average Bonchev–Trinajstić information content (AvgIpc) is 2.60. The van der Waals surface area contributed by atoms with E-state index in [1.807, 2.05) is 0 Å². The highest BCUT2D eigenvalue weighted by molar-refractivity contribution is 5.97. The van der Waals surface area contributed by atoms with Crippen LogP contribution in [0.3, 0.4) is 0 Å². The SMILES string of the molecule is COc1ccc(C(=O)O[C@@H](C)C(=O)Nc2ccc(C(F)(F)F)cc2)c(F)c1. The second-order valence-electron chi connectivity index (χ2n) is 5.46. The average molecular weight is 385 g/mol. The summed E-state index contributed by atoms with van der Waals surface area (Å²) in [4.78, 5) is 24.0. The van der Waals surface area contributed by atoms with E-state index in [1.165, 1.54) is 20.1 Å². The van der Waals surface area contributed by atoms with Gasteiger partial charge in [0.1, 0.15) is 11.6 Å². The molecule has 0 saturated carbocycles. The maximum atomic E-state index is 13.8. The van der Waals surface area contributed by atoms with Crippen LogP contribution in [0.25, 0.3) is 0 Å². The van der Waals surface area contributed by atoms with Gasteiger partial charge in [-0.1, -0.05) is 0 Å². The van der Waals surface area contributed by atoms with Gasteiger partial charge in [-0.25, -0.2) is 9.18 Å². The lowest BCUT2D eigenvalue weighted by atomic mass is 10.2. The van der Waals surface area contributed by atoms with Crippen LogP contribution in [-0.2, 0) is 15.7 Å². The number of hydrogen-bond donors (Lipinski definition) is 1. The highest BCUT2D eigenvalue weighted by Gasteiger charge is 2.30. The first-order chi connectivity index (χ1) is 12.6. The Morgan fingerprint density at radius 1 is 1.07 bits per heavy atom. The number of halogens is 4. The number of alkyl halides is 3. The summed E-state index contributed by atoms with van der Waals surface area (Å²) in [5, 5.41) is 2.31. The molecule has 0 heterocycles. The molecular weight excluding hydrogens is 370 g/mol. The molecule has 0 fully saturated rings. The molecule has 0 aromatic heterocycles. The number of hydrogen-bond acceptors (Lipinski definition) is 4. The fraction of sp³-hybridized carbons (Fsp3) is 0.222. The van der Waals surface area contributed by atoms with Gasteiger partial charge in [-0.2, -0.15) is 13.2 Å². The van der Waals surface area contributed by atoms with Crippen molar-refractivity contribution in [2.75, 3.05) is 12.4 Å². The zero-order valence-corrected chi connectivity index (χ0v) is 14.3. The fourth-order valence-electron chi connectivity index (χ4n) is 2.05. The Bertz CT molecular complexity index is 834. The van der Waals surface area contributed by atoms with Gasteiger partial charge < -0.3 is 14.8 Å². The molecular formula is C18H15F4NO4. The topological polar surface area (TPSA) is 64.6 Å². The Morgan fingerprint density at radius 3 is 2.22 bits per heavy atom. The number of ether oxygens (including phenoxy) is 2. The second kappa shape index (κ2) is 8.07. The predicted octanol–water partition coefficient (Wildman–Crippen LogP) is 4.04. The van der Waals surface area contributed by atoms with Crippen molar-refractivity contribution in [3.05, 3.63) is 59.4 Å². The summed E-state index contributed by atoms with van der Waals surface area (Å²) in [6.07, 6.45) is -5.80. The molecule has 0 spiro atoms. The largest absolute Gasteiger partial charge is 0.497 e. The third-order valence-corrected chi connectivity index (χ3v) is 3.53. The van der Waals surface area contributed by atoms with Crippen LogP contribution in [0.5, 0.6) is 5.75 Å². The van der Waals surface area contributed by atoms with Gasteiger partial charge >= 0.3 is 12.1 Å². The molecule has 0 radical (unpaired) electrons. The van der Waals surface area contributed by atoms with Crippen molar-refractivity contribution in [2.45, 2.75) is 19.2 Å². The molecule has 0 aliphatic carbocycles. The van der Waals surface area contributed by atoms with Crippen LogP contribution in [0.15, 0.2) is 42.5 Å². The van der Waals surface area contributed by atoms with E-state index >= 15 is 0 Å². The number of anilines is 1. The van der Waals surface area contributed by atoms with Crippen molar-refractivity contribution in [1.82, 2.24) is 0 Å². The minimum atomic E-state index is -4.49. The highest BCUT2D eigenvalue weighted by Crippen LogP contribution is 2.29. The van der Waals surface area contributed by atoms with Crippen molar-refractivity contribution >= 4 is 17.6 Å². The minimum Gasteiger partial charge on any atom is -0.497 e. The molecule has 0 aliphatic rings. The molecule has 0 saturated heterocycles. The Kier molecular flexibility index (Phi) is 6.04. The van der Waals surface area contributed by atoms with E-state index in [0.29, 0.717) is 0 Å². The third kappa shape index (κ3) is 5.19. The van der Waals surface area contributed by atoms with Gasteiger partial charge in [0.15, 0.2) is 6.10 Å². The Labute approximate surface area is 151 Å². The van der Waals surface area contributed by atoms with Crippen molar-refractivity contribution in [3.63, 3.8) is 0 Å². The van der Waals surface area contributed by atoms with E-state index < -0.39 is 35.5 Å². The van der Waals surface area contributed by atoms with Gasteiger partial charge in [-0.15, -0.1) is 0 Å². The van der Waals surface area contributed by atoms with Crippen LogP contribution in [0.2, 0.25) is 0 Å². The summed E-state index contributed by atoms with van der Waals surface area (Å²) in [6, 6.07) is 7.24. The van der Waals surface area contributed by atoms with Crippen molar-refractivity contribution in [1.29, 1.82) is 0 Å². The molecule has 1 amide bonds. The molecule has 2 aromatic carbocycles. The molecule has 144 valence electrons. The lowest BCUT2D eigenvalue weighted by Gasteiger charge is -2.14. The molecule has 0 unspecified atom stereocenters. The fourth-order valence-corrected chi connectivity index (χ4v) is 2.05. The normalized spacial score (nSPS) is 12.2. The van der Waals surface area contributed by atoms with Crippen molar-refractivity contribution in [2.24, 2.45) is 0 Å². The molecule has 1 N–H and O–H groups in total. The first kappa shape index (κ1) is 20.2. The first-order valence-corrected chi connectivity index (χ1v) is 7.64. The van der Waals surface area contributed by atoms with Crippen molar-refractivity contribution < 1.29 is 36.6 Å². The van der Waals surface area contributed by atoms with Crippen LogP contribution in [0.4, 0.5) is 23.2 Å². The number of carbonyl (C=O) groups is 2. The molecule has 1 atom stereocenters. The van der Waals surface area contributed by atoms with Crippen LogP contribution in [0, 0.1) is 5.82 Å². The Hall–Kier alpha value is -3.10. The maximum absolute atomic E-state index is 13.8. The summed E-state index contributed by atoms with van der Waals surface area (Å²) in [5.41, 5.74) is -1.16. The lowest BCUT2D eigenvalue weighted by molar-refractivity contribution is -0.137. The number of methoxy groups -OCH3 is 1. The summed E-state index contributed by atoms with van der Waals surface area (Å²) in [6.45, 7) is 1.25. The molecule has 27 heavy (non-hydrogen) atoms. The van der Waals surface area contributed by atoms with E-state index in [0.717, 1.165) is 36.4 Å². The maximum Gasteiger partial charge on any atom is 0.416 e.